The molecule has 0 fully saturated rings. The molecule has 1 aliphatic heterocycles. The van der Waals surface area contributed by atoms with Crippen LogP contribution >= 0.6 is 15.9 Å². The lowest BCUT2D eigenvalue weighted by Gasteiger charge is -2.05. The fourth-order valence-corrected chi connectivity index (χ4v) is 2.68. The third kappa shape index (κ3) is 2.89. The molecule has 17 heavy (non-hydrogen) atoms. The Labute approximate surface area is 111 Å². The van der Waals surface area contributed by atoms with Crippen molar-refractivity contribution in [2.24, 2.45) is 0 Å². The molecule has 3 heteroatoms. The van der Waals surface area contributed by atoms with Gasteiger partial charge in [-0.1, -0.05) is 54.2 Å². The van der Waals surface area contributed by atoms with Crippen molar-refractivity contribution in [2.75, 3.05) is 5.32 Å². The van der Waals surface area contributed by atoms with Crippen LogP contribution in [0.2, 0.25) is 0 Å². The smallest absolute Gasteiger partial charge is 0.242 e. The first-order valence-corrected chi connectivity index (χ1v) is 7.21. The number of carbonyl (C=O) groups is 1. The van der Waals surface area contributed by atoms with E-state index in [4.69, 9.17) is 0 Å². The standard InChI is InChI=1S/C14H18BrNO/c1-2-3-4-5-6-10-7-8-12-11(9-10)13(15)14(17)16-12/h7-9,13H,2-6H2,1H3,(H,16,17). The van der Waals surface area contributed by atoms with E-state index < -0.39 is 0 Å². The van der Waals surface area contributed by atoms with Crippen molar-refractivity contribution < 1.29 is 4.79 Å². The van der Waals surface area contributed by atoms with Gasteiger partial charge in [0.05, 0.1) is 0 Å². The number of alkyl halides is 1. The number of carbonyl (C=O) groups excluding carboxylic acids is 1. The van der Waals surface area contributed by atoms with Crippen molar-refractivity contribution in [3.05, 3.63) is 29.3 Å². The summed E-state index contributed by atoms with van der Waals surface area (Å²) in [4.78, 5) is 11.3. The molecule has 2 rings (SSSR count). The number of fused-ring (bicyclic) bond motifs is 1. The average Bonchev–Trinajstić information content (AvgIpc) is 2.61. The quantitative estimate of drug-likeness (QED) is 0.640. The maximum absolute atomic E-state index is 11.5. The van der Waals surface area contributed by atoms with Crippen LogP contribution in [0.15, 0.2) is 18.2 Å². The number of unbranched alkanes of at least 4 members (excludes halogenated alkanes) is 3. The monoisotopic (exact) mass is 295 g/mol. The normalized spacial score (nSPS) is 18.0. The van der Waals surface area contributed by atoms with Crippen LogP contribution in [-0.2, 0) is 11.2 Å². The first-order chi connectivity index (χ1) is 8.22. The van der Waals surface area contributed by atoms with Gasteiger partial charge < -0.3 is 5.32 Å². The van der Waals surface area contributed by atoms with Crippen LogP contribution in [-0.4, -0.2) is 5.91 Å². The van der Waals surface area contributed by atoms with Gasteiger partial charge in [0, 0.05) is 5.69 Å². The summed E-state index contributed by atoms with van der Waals surface area (Å²) in [5, 5.41) is 2.86. The molecule has 1 atom stereocenters. The van der Waals surface area contributed by atoms with E-state index in [9.17, 15) is 4.79 Å². The number of hydrogen-bond donors (Lipinski definition) is 1. The molecule has 0 radical (unpaired) electrons. The van der Waals surface area contributed by atoms with Crippen molar-refractivity contribution in [3.63, 3.8) is 0 Å². The van der Waals surface area contributed by atoms with Crippen LogP contribution in [0.1, 0.15) is 48.6 Å². The summed E-state index contributed by atoms with van der Waals surface area (Å²) in [6.45, 7) is 2.22. The van der Waals surface area contributed by atoms with Gasteiger partial charge in [0.2, 0.25) is 5.91 Å². The van der Waals surface area contributed by atoms with E-state index in [-0.39, 0.29) is 10.7 Å². The summed E-state index contributed by atoms with van der Waals surface area (Å²) < 4.78 is 0. The van der Waals surface area contributed by atoms with E-state index in [2.05, 4.69) is 40.3 Å². The van der Waals surface area contributed by atoms with E-state index in [1.165, 1.54) is 31.2 Å². The summed E-state index contributed by atoms with van der Waals surface area (Å²) in [6.07, 6.45) is 6.22. The number of aryl methyl sites for hydroxylation is 1. The van der Waals surface area contributed by atoms with Crippen molar-refractivity contribution >= 4 is 27.5 Å². The van der Waals surface area contributed by atoms with Gasteiger partial charge in [-0.2, -0.15) is 0 Å². The molecule has 2 nitrogen and oxygen atoms in total. The van der Waals surface area contributed by atoms with Crippen LogP contribution in [0.3, 0.4) is 0 Å². The highest BCUT2D eigenvalue weighted by atomic mass is 79.9. The first kappa shape index (κ1) is 12.6. The Morgan fingerprint density at radius 3 is 2.88 bits per heavy atom. The Morgan fingerprint density at radius 1 is 1.29 bits per heavy atom. The van der Waals surface area contributed by atoms with E-state index in [0.717, 1.165) is 17.7 Å². The van der Waals surface area contributed by atoms with Crippen LogP contribution in [0.25, 0.3) is 0 Å². The van der Waals surface area contributed by atoms with Gasteiger partial charge in [-0.15, -0.1) is 0 Å². The molecule has 0 saturated carbocycles. The second kappa shape index (κ2) is 5.67. The maximum Gasteiger partial charge on any atom is 0.242 e. The second-order valence-corrected chi connectivity index (χ2v) is 5.50. The maximum atomic E-state index is 11.5. The number of hydrogen-bond acceptors (Lipinski definition) is 1. The third-order valence-electron chi connectivity index (χ3n) is 3.20. The molecule has 1 unspecified atom stereocenters. The summed E-state index contributed by atoms with van der Waals surface area (Å²) in [5.74, 6) is 0.0446. The van der Waals surface area contributed by atoms with Gasteiger partial charge in [0.25, 0.3) is 0 Å². The first-order valence-electron chi connectivity index (χ1n) is 6.30. The van der Waals surface area contributed by atoms with Gasteiger partial charge in [0.1, 0.15) is 4.83 Å². The fourth-order valence-electron chi connectivity index (χ4n) is 2.18. The van der Waals surface area contributed by atoms with E-state index in [1.54, 1.807) is 0 Å². The molecule has 0 aliphatic carbocycles. The van der Waals surface area contributed by atoms with E-state index >= 15 is 0 Å². The minimum atomic E-state index is -0.173. The van der Waals surface area contributed by atoms with Gasteiger partial charge in [-0.25, -0.2) is 0 Å². The van der Waals surface area contributed by atoms with Crippen molar-refractivity contribution in [1.82, 2.24) is 0 Å². The lowest BCUT2D eigenvalue weighted by atomic mass is 10.0. The second-order valence-electron chi connectivity index (χ2n) is 4.58. The minimum absolute atomic E-state index is 0.0446. The summed E-state index contributed by atoms with van der Waals surface area (Å²) in [7, 11) is 0. The Bertz CT molecular complexity index is 417. The summed E-state index contributed by atoms with van der Waals surface area (Å²) >= 11 is 3.42. The zero-order valence-corrected chi connectivity index (χ0v) is 11.7. The lowest BCUT2D eigenvalue weighted by Crippen LogP contribution is -2.06. The molecule has 1 N–H and O–H groups in total. The average molecular weight is 296 g/mol. The number of amides is 1. The van der Waals surface area contributed by atoms with Crippen LogP contribution < -0.4 is 5.32 Å². The molecular weight excluding hydrogens is 278 g/mol. The van der Waals surface area contributed by atoms with Gasteiger partial charge in [-0.3, -0.25) is 4.79 Å². The zero-order chi connectivity index (χ0) is 12.3. The predicted molar refractivity (Wildman–Crippen MR) is 74.6 cm³/mol. The molecule has 1 aromatic carbocycles. The SMILES string of the molecule is CCCCCCc1ccc2c(c1)C(Br)C(=O)N2. The predicted octanol–water partition coefficient (Wildman–Crippen LogP) is 4.20. The zero-order valence-electron chi connectivity index (χ0n) is 10.1. The van der Waals surface area contributed by atoms with E-state index in [0.29, 0.717) is 0 Å². The molecule has 0 aromatic heterocycles. The summed E-state index contributed by atoms with van der Waals surface area (Å²) in [5.41, 5.74) is 3.37. The highest BCUT2D eigenvalue weighted by molar-refractivity contribution is 9.09. The largest absolute Gasteiger partial charge is 0.325 e. The van der Waals surface area contributed by atoms with Crippen LogP contribution in [0, 0.1) is 0 Å². The molecule has 0 bridgehead atoms. The minimum Gasteiger partial charge on any atom is -0.325 e. The molecule has 1 aliphatic rings. The highest BCUT2D eigenvalue weighted by Gasteiger charge is 2.27. The molecule has 1 amide bonds. The fraction of sp³-hybridized carbons (Fsp3) is 0.500. The Balaban J connectivity index is 2.00. The van der Waals surface area contributed by atoms with Crippen molar-refractivity contribution in [2.45, 2.75) is 43.9 Å². The van der Waals surface area contributed by atoms with Crippen molar-refractivity contribution in [3.8, 4) is 0 Å². The van der Waals surface area contributed by atoms with E-state index in [1.807, 2.05) is 6.07 Å². The topological polar surface area (TPSA) is 29.1 Å². The summed E-state index contributed by atoms with van der Waals surface area (Å²) in [6, 6.07) is 6.29. The highest BCUT2D eigenvalue weighted by Crippen LogP contribution is 2.37. The number of benzene rings is 1. The Hall–Kier alpha value is -0.830. The van der Waals surface area contributed by atoms with Gasteiger partial charge in [-0.05, 0) is 30.0 Å². The number of halogens is 1. The van der Waals surface area contributed by atoms with Crippen LogP contribution in [0.5, 0.6) is 0 Å². The number of nitrogens with one attached hydrogen (secondary N) is 1. The molecule has 0 saturated heterocycles. The Morgan fingerprint density at radius 2 is 2.12 bits per heavy atom. The lowest BCUT2D eigenvalue weighted by molar-refractivity contribution is -0.115. The third-order valence-corrected chi connectivity index (χ3v) is 4.11. The number of anilines is 1. The van der Waals surface area contributed by atoms with Gasteiger partial charge in [0.15, 0.2) is 0 Å². The molecule has 1 aromatic rings. The molecular formula is C14H18BrNO. The van der Waals surface area contributed by atoms with Gasteiger partial charge >= 0.3 is 0 Å². The molecule has 1 heterocycles. The van der Waals surface area contributed by atoms with Crippen molar-refractivity contribution in [1.29, 1.82) is 0 Å². The van der Waals surface area contributed by atoms with Crippen LogP contribution in [0.4, 0.5) is 5.69 Å². The molecule has 0 spiro atoms. The molecule has 92 valence electrons. The Kier molecular flexibility index (Phi) is 4.21. The number of rotatable bonds is 5.